The van der Waals surface area contributed by atoms with Gasteiger partial charge in [0.15, 0.2) is 0 Å². The number of hydrogen-bond donors (Lipinski definition) is 2. The minimum absolute atomic E-state index is 0.0803. The van der Waals surface area contributed by atoms with Crippen LogP contribution in [0.25, 0.3) is 0 Å². The summed E-state index contributed by atoms with van der Waals surface area (Å²) in [5.41, 5.74) is 2.11. The zero-order valence-corrected chi connectivity index (χ0v) is 11.7. The third kappa shape index (κ3) is 3.18. The van der Waals surface area contributed by atoms with E-state index in [4.69, 9.17) is 0 Å². The monoisotopic (exact) mass is 269 g/mol. The lowest BCUT2D eigenvalue weighted by Gasteiger charge is -2.25. The minimum Gasteiger partial charge on any atom is -0.478 e. The lowest BCUT2D eigenvalue weighted by atomic mass is 9.95. The second kappa shape index (κ2) is 6.24. The van der Waals surface area contributed by atoms with Crippen LogP contribution in [0.5, 0.6) is 0 Å². The Balaban J connectivity index is 2.33. The number of para-hydroxylation sites is 1. The van der Waals surface area contributed by atoms with Crippen LogP contribution < -0.4 is 5.32 Å². The highest BCUT2D eigenvalue weighted by atomic mass is 16.4. The summed E-state index contributed by atoms with van der Waals surface area (Å²) in [5, 5.41) is 12.6. The van der Waals surface area contributed by atoms with E-state index in [1.807, 2.05) is 30.3 Å². The van der Waals surface area contributed by atoms with Crippen LogP contribution in [0.4, 0.5) is 5.69 Å². The lowest BCUT2D eigenvalue weighted by molar-refractivity contribution is 0.0698. The van der Waals surface area contributed by atoms with Crippen LogP contribution >= 0.6 is 0 Å². The first-order chi connectivity index (χ1) is 9.59. The van der Waals surface area contributed by atoms with Gasteiger partial charge in [0.2, 0.25) is 0 Å². The van der Waals surface area contributed by atoms with E-state index < -0.39 is 5.97 Å². The fourth-order valence-corrected chi connectivity index (χ4v) is 2.26. The van der Waals surface area contributed by atoms with Gasteiger partial charge in [-0.3, -0.25) is 0 Å². The molecule has 2 aromatic carbocycles. The number of carboxylic acid groups (broad SMARTS) is 1. The highest BCUT2D eigenvalue weighted by Gasteiger charge is 2.18. The lowest BCUT2D eigenvalue weighted by Crippen LogP contribution is -2.18. The second-order valence-corrected chi connectivity index (χ2v) is 5.13. The molecular weight excluding hydrogens is 250 g/mol. The largest absolute Gasteiger partial charge is 0.478 e. The van der Waals surface area contributed by atoms with Crippen molar-refractivity contribution in [2.24, 2.45) is 5.92 Å². The molecule has 0 heterocycles. The van der Waals surface area contributed by atoms with E-state index in [1.54, 1.807) is 12.1 Å². The molecule has 0 fully saturated rings. The molecule has 20 heavy (non-hydrogen) atoms. The summed E-state index contributed by atoms with van der Waals surface area (Å²) in [5.74, 6) is -0.567. The molecule has 0 radical (unpaired) electrons. The fraction of sp³-hybridized carbons (Fsp3) is 0.235. The zero-order chi connectivity index (χ0) is 14.5. The maximum absolute atomic E-state index is 11.3. The summed E-state index contributed by atoms with van der Waals surface area (Å²) >= 11 is 0. The number of anilines is 1. The van der Waals surface area contributed by atoms with Crippen molar-refractivity contribution in [2.75, 3.05) is 5.32 Å². The van der Waals surface area contributed by atoms with Gasteiger partial charge in [-0.1, -0.05) is 56.3 Å². The van der Waals surface area contributed by atoms with Crippen molar-refractivity contribution in [3.8, 4) is 0 Å². The molecule has 0 saturated heterocycles. The van der Waals surface area contributed by atoms with Crippen LogP contribution in [-0.2, 0) is 0 Å². The van der Waals surface area contributed by atoms with E-state index in [1.165, 1.54) is 0 Å². The number of aromatic carboxylic acids is 1. The van der Waals surface area contributed by atoms with Crippen molar-refractivity contribution < 1.29 is 9.90 Å². The summed E-state index contributed by atoms with van der Waals surface area (Å²) in [7, 11) is 0. The Morgan fingerprint density at radius 2 is 1.60 bits per heavy atom. The van der Waals surface area contributed by atoms with Crippen molar-refractivity contribution in [2.45, 2.75) is 19.9 Å². The molecule has 2 aromatic rings. The third-order valence-electron chi connectivity index (χ3n) is 3.29. The molecule has 0 aliphatic rings. The van der Waals surface area contributed by atoms with Crippen molar-refractivity contribution >= 4 is 11.7 Å². The molecule has 0 aromatic heterocycles. The molecule has 3 heteroatoms. The highest BCUT2D eigenvalue weighted by molar-refractivity contribution is 5.94. The Morgan fingerprint density at radius 3 is 2.20 bits per heavy atom. The van der Waals surface area contributed by atoms with Gasteiger partial charge in [0, 0.05) is 5.69 Å². The maximum Gasteiger partial charge on any atom is 0.337 e. The summed E-state index contributed by atoms with van der Waals surface area (Å²) in [6.45, 7) is 4.24. The minimum atomic E-state index is -0.913. The standard InChI is InChI=1S/C17H19NO2/c1-12(2)16(13-8-4-3-5-9-13)18-15-11-7-6-10-14(15)17(19)20/h3-12,16,18H,1-2H3,(H,19,20). The molecule has 3 nitrogen and oxygen atoms in total. The highest BCUT2D eigenvalue weighted by Crippen LogP contribution is 2.28. The van der Waals surface area contributed by atoms with Crippen molar-refractivity contribution in [1.82, 2.24) is 0 Å². The predicted octanol–water partition coefficient (Wildman–Crippen LogP) is 4.19. The Hall–Kier alpha value is -2.29. The van der Waals surface area contributed by atoms with Crippen molar-refractivity contribution in [3.05, 3.63) is 65.7 Å². The van der Waals surface area contributed by atoms with Crippen LogP contribution in [0, 0.1) is 5.92 Å². The first-order valence-corrected chi connectivity index (χ1v) is 6.73. The van der Waals surface area contributed by atoms with Gasteiger partial charge in [0.05, 0.1) is 11.6 Å². The normalized spacial score (nSPS) is 12.2. The third-order valence-corrected chi connectivity index (χ3v) is 3.29. The molecule has 1 atom stereocenters. The number of hydrogen-bond acceptors (Lipinski definition) is 2. The number of benzene rings is 2. The Bertz CT molecular complexity index is 579. The smallest absolute Gasteiger partial charge is 0.337 e. The van der Waals surface area contributed by atoms with Gasteiger partial charge in [-0.25, -0.2) is 4.79 Å². The number of carbonyl (C=O) groups is 1. The molecule has 0 bridgehead atoms. The molecule has 0 saturated carbocycles. The quantitative estimate of drug-likeness (QED) is 0.855. The molecule has 2 N–H and O–H groups in total. The van der Waals surface area contributed by atoms with Crippen LogP contribution in [0.3, 0.4) is 0 Å². The number of carboxylic acids is 1. The van der Waals surface area contributed by atoms with Crippen LogP contribution in [0.2, 0.25) is 0 Å². The molecule has 0 aliphatic carbocycles. The van der Waals surface area contributed by atoms with Crippen molar-refractivity contribution in [1.29, 1.82) is 0 Å². The first-order valence-electron chi connectivity index (χ1n) is 6.73. The summed E-state index contributed by atoms with van der Waals surface area (Å²) in [4.78, 5) is 11.3. The Labute approximate surface area is 119 Å². The summed E-state index contributed by atoms with van der Waals surface area (Å²) in [6.07, 6.45) is 0. The zero-order valence-electron chi connectivity index (χ0n) is 11.7. The Morgan fingerprint density at radius 1 is 1.00 bits per heavy atom. The van der Waals surface area contributed by atoms with E-state index in [9.17, 15) is 9.90 Å². The van der Waals surface area contributed by atoms with E-state index in [0.717, 1.165) is 5.56 Å². The Kier molecular flexibility index (Phi) is 4.41. The number of rotatable bonds is 5. The molecule has 0 spiro atoms. The topological polar surface area (TPSA) is 49.3 Å². The van der Waals surface area contributed by atoms with E-state index >= 15 is 0 Å². The van der Waals surface area contributed by atoms with Gasteiger partial charge in [-0.2, -0.15) is 0 Å². The predicted molar refractivity (Wildman–Crippen MR) is 81.0 cm³/mol. The summed E-state index contributed by atoms with van der Waals surface area (Å²) < 4.78 is 0. The molecule has 2 rings (SSSR count). The van der Waals surface area contributed by atoms with Gasteiger partial charge >= 0.3 is 5.97 Å². The van der Waals surface area contributed by atoms with E-state index in [2.05, 4.69) is 31.3 Å². The van der Waals surface area contributed by atoms with Gasteiger partial charge in [-0.05, 0) is 23.6 Å². The first kappa shape index (κ1) is 14.1. The SMILES string of the molecule is CC(C)C(Nc1ccccc1C(=O)O)c1ccccc1. The maximum atomic E-state index is 11.3. The summed E-state index contributed by atoms with van der Waals surface area (Å²) in [6, 6.07) is 17.2. The van der Waals surface area contributed by atoms with Crippen LogP contribution in [0.15, 0.2) is 54.6 Å². The number of nitrogens with one attached hydrogen (secondary N) is 1. The van der Waals surface area contributed by atoms with Gasteiger partial charge < -0.3 is 10.4 Å². The average Bonchev–Trinajstić information content (AvgIpc) is 2.45. The van der Waals surface area contributed by atoms with E-state index in [0.29, 0.717) is 17.2 Å². The van der Waals surface area contributed by atoms with Gasteiger partial charge in [-0.15, -0.1) is 0 Å². The van der Waals surface area contributed by atoms with Gasteiger partial charge in [0.1, 0.15) is 0 Å². The molecule has 104 valence electrons. The second-order valence-electron chi connectivity index (χ2n) is 5.13. The molecule has 0 amide bonds. The van der Waals surface area contributed by atoms with E-state index in [-0.39, 0.29) is 6.04 Å². The molecule has 1 unspecified atom stereocenters. The van der Waals surface area contributed by atoms with Crippen LogP contribution in [-0.4, -0.2) is 11.1 Å². The average molecular weight is 269 g/mol. The molecular formula is C17H19NO2. The fourth-order valence-electron chi connectivity index (χ4n) is 2.26. The van der Waals surface area contributed by atoms with Crippen molar-refractivity contribution in [3.63, 3.8) is 0 Å². The van der Waals surface area contributed by atoms with Crippen LogP contribution in [0.1, 0.15) is 35.8 Å². The molecule has 0 aliphatic heterocycles. The van der Waals surface area contributed by atoms with Gasteiger partial charge in [0.25, 0.3) is 0 Å².